The number of nitrogens with zero attached hydrogens (tertiary/aromatic N) is 3. The van der Waals surface area contributed by atoms with Crippen LogP contribution >= 0.6 is 0 Å². The molecule has 4 nitrogen and oxygen atoms in total. The number of rotatable bonds is 4. The monoisotopic (exact) mass is 252 g/mol. The van der Waals surface area contributed by atoms with Crippen LogP contribution in [0.1, 0.15) is 11.1 Å². The quantitative estimate of drug-likeness (QED) is 0.774. The van der Waals surface area contributed by atoms with Crippen LogP contribution in [0.2, 0.25) is 0 Å². The molecule has 0 amide bonds. The molecule has 0 radical (unpaired) electrons. The van der Waals surface area contributed by atoms with Crippen molar-refractivity contribution in [3.05, 3.63) is 60.2 Å². The average Bonchev–Trinajstić information content (AvgIpc) is 2.85. The fraction of sp³-hybridized carbons (Fsp3) is 0.200. The molecule has 0 aliphatic carbocycles. The molecule has 0 bridgehead atoms. The molecule has 1 N–H and O–H groups in total. The van der Waals surface area contributed by atoms with E-state index in [-0.39, 0.29) is 0 Å². The molecule has 0 aliphatic rings. The van der Waals surface area contributed by atoms with E-state index in [4.69, 9.17) is 0 Å². The lowest BCUT2D eigenvalue weighted by atomic mass is 10.1. The van der Waals surface area contributed by atoms with Crippen LogP contribution in [0.3, 0.4) is 0 Å². The lowest BCUT2D eigenvalue weighted by molar-refractivity contribution is 0.693. The minimum Gasteiger partial charge on any atom is -0.308 e. The molecule has 3 rings (SSSR count). The first-order valence-corrected chi connectivity index (χ1v) is 6.33. The lowest BCUT2D eigenvalue weighted by Crippen LogP contribution is -2.12. The van der Waals surface area contributed by atoms with Crippen molar-refractivity contribution in [1.82, 2.24) is 20.1 Å². The smallest absolute Gasteiger partial charge is 0.0534 e. The molecule has 1 aromatic carbocycles. The standard InChI is InChI=1S/C15H16N4/c1-19-11-12(7-18-19)6-16-9-14-10-17-8-13-4-2-3-5-15(13)14/h2-5,7-8,10-11,16H,6,9H2,1H3. The average molecular weight is 252 g/mol. The summed E-state index contributed by atoms with van der Waals surface area (Å²) in [4.78, 5) is 4.29. The van der Waals surface area contributed by atoms with E-state index in [1.54, 1.807) is 0 Å². The molecule has 0 saturated carbocycles. The summed E-state index contributed by atoms with van der Waals surface area (Å²) in [6, 6.07) is 8.33. The fourth-order valence-electron chi connectivity index (χ4n) is 2.22. The third-order valence-electron chi connectivity index (χ3n) is 3.15. The summed E-state index contributed by atoms with van der Waals surface area (Å²) in [5.74, 6) is 0. The zero-order valence-corrected chi connectivity index (χ0v) is 10.9. The maximum absolute atomic E-state index is 4.29. The first kappa shape index (κ1) is 11.9. The van der Waals surface area contributed by atoms with Crippen molar-refractivity contribution in [2.75, 3.05) is 0 Å². The predicted molar refractivity (Wildman–Crippen MR) is 75.5 cm³/mol. The van der Waals surface area contributed by atoms with Crippen LogP contribution in [0.25, 0.3) is 10.8 Å². The summed E-state index contributed by atoms with van der Waals surface area (Å²) in [7, 11) is 1.93. The Balaban J connectivity index is 1.71. The molecule has 0 spiro atoms. The molecular weight excluding hydrogens is 236 g/mol. The Kier molecular flexibility index (Phi) is 3.25. The molecular formula is C15H16N4. The van der Waals surface area contributed by atoms with Crippen molar-refractivity contribution in [2.24, 2.45) is 7.05 Å². The van der Waals surface area contributed by atoms with E-state index < -0.39 is 0 Å². The number of hydrogen-bond donors (Lipinski definition) is 1. The molecule has 96 valence electrons. The van der Waals surface area contributed by atoms with Gasteiger partial charge >= 0.3 is 0 Å². The Labute approximate surface area is 112 Å². The highest BCUT2D eigenvalue weighted by Gasteiger charge is 2.01. The van der Waals surface area contributed by atoms with Gasteiger partial charge in [0.1, 0.15) is 0 Å². The van der Waals surface area contributed by atoms with Gasteiger partial charge in [-0.25, -0.2) is 0 Å². The van der Waals surface area contributed by atoms with Gasteiger partial charge in [-0.05, 0) is 10.9 Å². The molecule has 0 fully saturated rings. The van der Waals surface area contributed by atoms with Crippen LogP contribution in [0.5, 0.6) is 0 Å². The number of nitrogens with one attached hydrogen (secondary N) is 1. The molecule has 4 heteroatoms. The van der Waals surface area contributed by atoms with Gasteiger partial charge in [0.05, 0.1) is 6.20 Å². The second-order valence-corrected chi connectivity index (χ2v) is 4.65. The van der Waals surface area contributed by atoms with Crippen molar-refractivity contribution in [2.45, 2.75) is 13.1 Å². The van der Waals surface area contributed by atoms with Crippen molar-refractivity contribution in [3.8, 4) is 0 Å². The Hall–Kier alpha value is -2.20. The molecule has 0 saturated heterocycles. The van der Waals surface area contributed by atoms with Crippen LogP contribution in [0.4, 0.5) is 0 Å². The highest BCUT2D eigenvalue weighted by Crippen LogP contribution is 2.16. The lowest BCUT2D eigenvalue weighted by Gasteiger charge is -2.06. The molecule has 3 aromatic rings. The van der Waals surface area contributed by atoms with Crippen molar-refractivity contribution in [3.63, 3.8) is 0 Å². The first-order chi connectivity index (χ1) is 9.33. The van der Waals surface area contributed by atoms with Crippen molar-refractivity contribution < 1.29 is 0 Å². The third-order valence-corrected chi connectivity index (χ3v) is 3.15. The van der Waals surface area contributed by atoms with Gasteiger partial charge in [-0.3, -0.25) is 9.67 Å². The van der Waals surface area contributed by atoms with E-state index in [1.807, 2.05) is 42.6 Å². The second-order valence-electron chi connectivity index (χ2n) is 4.65. The van der Waals surface area contributed by atoms with Gasteiger partial charge in [-0.15, -0.1) is 0 Å². The van der Waals surface area contributed by atoms with E-state index >= 15 is 0 Å². The van der Waals surface area contributed by atoms with Gasteiger partial charge in [-0.1, -0.05) is 24.3 Å². The van der Waals surface area contributed by atoms with Crippen LogP contribution in [-0.4, -0.2) is 14.8 Å². The number of hydrogen-bond acceptors (Lipinski definition) is 3. The number of fused-ring (bicyclic) bond motifs is 1. The van der Waals surface area contributed by atoms with E-state index in [0.29, 0.717) is 0 Å². The number of aromatic nitrogens is 3. The van der Waals surface area contributed by atoms with Crippen LogP contribution in [0.15, 0.2) is 49.1 Å². The van der Waals surface area contributed by atoms with E-state index in [0.717, 1.165) is 13.1 Å². The number of aryl methyl sites for hydroxylation is 1. The van der Waals surface area contributed by atoms with E-state index in [1.165, 1.54) is 21.9 Å². The van der Waals surface area contributed by atoms with Crippen LogP contribution < -0.4 is 5.32 Å². The molecule has 2 aromatic heterocycles. The SMILES string of the molecule is Cn1cc(CNCc2cncc3ccccc23)cn1. The van der Waals surface area contributed by atoms with E-state index in [2.05, 4.69) is 33.6 Å². The van der Waals surface area contributed by atoms with Gasteiger partial charge in [-0.2, -0.15) is 5.10 Å². The maximum Gasteiger partial charge on any atom is 0.0534 e. The zero-order chi connectivity index (χ0) is 13.1. The largest absolute Gasteiger partial charge is 0.308 e. The molecule has 0 aliphatic heterocycles. The maximum atomic E-state index is 4.29. The van der Waals surface area contributed by atoms with Gasteiger partial charge < -0.3 is 5.32 Å². The Morgan fingerprint density at radius 1 is 1.11 bits per heavy atom. The summed E-state index contributed by atoms with van der Waals surface area (Å²) in [6.07, 6.45) is 7.74. The Morgan fingerprint density at radius 2 is 2.00 bits per heavy atom. The molecule has 0 atom stereocenters. The van der Waals surface area contributed by atoms with Gasteiger partial charge in [0.15, 0.2) is 0 Å². The summed E-state index contributed by atoms with van der Waals surface area (Å²) in [5, 5.41) is 10.0. The molecule has 0 unspecified atom stereocenters. The van der Waals surface area contributed by atoms with Gasteiger partial charge in [0.2, 0.25) is 0 Å². The van der Waals surface area contributed by atoms with Crippen LogP contribution in [0, 0.1) is 0 Å². The molecule has 2 heterocycles. The van der Waals surface area contributed by atoms with Crippen LogP contribution in [-0.2, 0) is 20.1 Å². The summed E-state index contributed by atoms with van der Waals surface area (Å²) >= 11 is 0. The summed E-state index contributed by atoms with van der Waals surface area (Å²) < 4.78 is 1.82. The first-order valence-electron chi connectivity index (χ1n) is 6.33. The minimum atomic E-state index is 0.809. The minimum absolute atomic E-state index is 0.809. The number of pyridine rings is 1. The second kappa shape index (κ2) is 5.20. The van der Waals surface area contributed by atoms with E-state index in [9.17, 15) is 0 Å². The normalized spacial score (nSPS) is 11.0. The Morgan fingerprint density at radius 3 is 2.84 bits per heavy atom. The van der Waals surface area contributed by atoms with Crippen molar-refractivity contribution in [1.29, 1.82) is 0 Å². The topological polar surface area (TPSA) is 42.7 Å². The predicted octanol–water partition coefficient (Wildman–Crippen LogP) is 2.26. The third kappa shape index (κ3) is 2.63. The molecule has 19 heavy (non-hydrogen) atoms. The highest BCUT2D eigenvalue weighted by molar-refractivity contribution is 5.84. The fourth-order valence-corrected chi connectivity index (χ4v) is 2.22. The summed E-state index contributed by atoms with van der Waals surface area (Å²) in [5.41, 5.74) is 2.41. The highest BCUT2D eigenvalue weighted by atomic mass is 15.2. The van der Waals surface area contributed by atoms with Gasteiger partial charge in [0.25, 0.3) is 0 Å². The Bertz CT molecular complexity index is 682. The number of benzene rings is 1. The van der Waals surface area contributed by atoms with Crippen molar-refractivity contribution >= 4 is 10.8 Å². The zero-order valence-electron chi connectivity index (χ0n) is 10.9. The summed E-state index contributed by atoms with van der Waals surface area (Å²) in [6.45, 7) is 1.63. The van der Waals surface area contributed by atoms with Gasteiger partial charge in [0, 0.05) is 49.7 Å².